The van der Waals surface area contributed by atoms with Gasteiger partial charge in [0.2, 0.25) is 12.7 Å². The number of nitrogens with zero attached hydrogens (tertiary/aromatic N) is 2. The minimum atomic E-state index is -0.230. The zero-order valence-electron chi connectivity index (χ0n) is 14.5. The number of anilines is 1. The van der Waals surface area contributed by atoms with Crippen LogP contribution in [0.5, 0.6) is 11.5 Å². The molecule has 4 rings (SSSR count). The number of carbonyl (C=O) groups is 1. The maximum Gasteiger partial charge on any atom is 0.231 e. The molecule has 0 radical (unpaired) electrons. The van der Waals surface area contributed by atoms with E-state index in [2.05, 4.69) is 4.90 Å². The molecule has 0 atom stereocenters. The number of amides is 1. The third-order valence-corrected chi connectivity index (χ3v) is 4.89. The summed E-state index contributed by atoms with van der Waals surface area (Å²) in [5.41, 5.74) is 2.08. The monoisotopic (exact) mass is 356 g/mol. The zero-order valence-corrected chi connectivity index (χ0v) is 14.5. The van der Waals surface area contributed by atoms with Crippen LogP contribution in [0.15, 0.2) is 42.5 Å². The summed E-state index contributed by atoms with van der Waals surface area (Å²) in [6.07, 6.45) is 1.17. The van der Waals surface area contributed by atoms with Crippen LogP contribution in [0.4, 0.5) is 10.1 Å². The minimum absolute atomic E-state index is 0.168. The number of hydrogen-bond acceptors (Lipinski definition) is 4. The summed E-state index contributed by atoms with van der Waals surface area (Å²) in [7, 11) is 0. The van der Waals surface area contributed by atoms with Crippen LogP contribution in [-0.2, 0) is 11.2 Å². The van der Waals surface area contributed by atoms with Gasteiger partial charge < -0.3 is 19.3 Å². The van der Waals surface area contributed by atoms with E-state index in [0.29, 0.717) is 25.9 Å². The summed E-state index contributed by atoms with van der Waals surface area (Å²) in [4.78, 5) is 16.6. The van der Waals surface area contributed by atoms with E-state index in [1.165, 1.54) is 12.1 Å². The molecular weight excluding hydrogens is 335 g/mol. The van der Waals surface area contributed by atoms with Crippen molar-refractivity contribution >= 4 is 11.6 Å². The van der Waals surface area contributed by atoms with Gasteiger partial charge in [0.15, 0.2) is 11.5 Å². The molecule has 5 nitrogen and oxygen atoms in total. The predicted molar refractivity (Wildman–Crippen MR) is 96.1 cm³/mol. The Morgan fingerprint density at radius 2 is 1.69 bits per heavy atom. The van der Waals surface area contributed by atoms with Crippen molar-refractivity contribution in [3.8, 4) is 11.5 Å². The van der Waals surface area contributed by atoms with Gasteiger partial charge in [0.1, 0.15) is 5.82 Å². The summed E-state index contributed by atoms with van der Waals surface area (Å²) in [6.45, 7) is 3.17. The van der Waals surface area contributed by atoms with Crippen LogP contribution in [-0.4, -0.2) is 43.8 Å². The number of fused-ring (bicyclic) bond motifs is 1. The molecule has 0 unspecified atom stereocenters. The lowest BCUT2D eigenvalue weighted by atomic mass is 10.1. The van der Waals surface area contributed by atoms with Crippen LogP contribution in [0.1, 0.15) is 12.0 Å². The van der Waals surface area contributed by atoms with Crippen molar-refractivity contribution in [2.24, 2.45) is 0 Å². The van der Waals surface area contributed by atoms with Gasteiger partial charge in [0.05, 0.1) is 0 Å². The average molecular weight is 356 g/mol. The highest BCUT2D eigenvalue weighted by Crippen LogP contribution is 2.32. The lowest BCUT2D eigenvalue weighted by Crippen LogP contribution is -2.48. The van der Waals surface area contributed by atoms with Gasteiger partial charge in [-0.3, -0.25) is 4.79 Å². The second kappa shape index (κ2) is 7.23. The van der Waals surface area contributed by atoms with E-state index < -0.39 is 0 Å². The van der Waals surface area contributed by atoms with Gasteiger partial charge in [-0.25, -0.2) is 4.39 Å². The van der Waals surface area contributed by atoms with Gasteiger partial charge in [0, 0.05) is 38.3 Å². The van der Waals surface area contributed by atoms with E-state index >= 15 is 0 Å². The highest BCUT2D eigenvalue weighted by molar-refractivity contribution is 5.77. The molecule has 0 aromatic heterocycles. The number of hydrogen-bond donors (Lipinski definition) is 0. The van der Waals surface area contributed by atoms with Crippen molar-refractivity contribution < 1.29 is 18.7 Å². The van der Waals surface area contributed by atoms with Gasteiger partial charge in [-0.15, -0.1) is 0 Å². The fraction of sp³-hybridized carbons (Fsp3) is 0.350. The number of rotatable bonds is 4. The molecule has 0 aliphatic carbocycles. The molecule has 136 valence electrons. The Hall–Kier alpha value is -2.76. The minimum Gasteiger partial charge on any atom is -0.454 e. The lowest BCUT2D eigenvalue weighted by Gasteiger charge is -2.36. The Morgan fingerprint density at radius 1 is 0.962 bits per heavy atom. The van der Waals surface area contributed by atoms with E-state index in [1.807, 2.05) is 23.1 Å². The topological polar surface area (TPSA) is 42.0 Å². The van der Waals surface area contributed by atoms with Crippen molar-refractivity contribution in [1.82, 2.24) is 4.90 Å². The second-order valence-corrected chi connectivity index (χ2v) is 6.53. The van der Waals surface area contributed by atoms with Crippen LogP contribution in [0.3, 0.4) is 0 Å². The zero-order chi connectivity index (χ0) is 17.9. The van der Waals surface area contributed by atoms with Gasteiger partial charge in [0.25, 0.3) is 0 Å². The van der Waals surface area contributed by atoms with Crippen molar-refractivity contribution in [2.45, 2.75) is 12.8 Å². The third kappa shape index (κ3) is 3.59. The maximum atomic E-state index is 13.0. The Balaban J connectivity index is 1.27. The largest absolute Gasteiger partial charge is 0.454 e. The second-order valence-electron chi connectivity index (χ2n) is 6.53. The Labute approximate surface area is 151 Å². The smallest absolute Gasteiger partial charge is 0.231 e. The molecule has 2 aromatic carbocycles. The summed E-state index contributed by atoms with van der Waals surface area (Å²) in [5.74, 6) is 1.45. The number of aryl methyl sites for hydroxylation is 1. The molecule has 2 heterocycles. The molecule has 2 aliphatic rings. The first-order valence-electron chi connectivity index (χ1n) is 8.86. The predicted octanol–water partition coefficient (Wildman–Crippen LogP) is 2.84. The molecule has 2 aliphatic heterocycles. The SMILES string of the molecule is O=C(CCc1ccc2c(c1)OCO2)N1CCN(c2ccc(F)cc2)CC1. The average Bonchev–Trinajstić information content (AvgIpc) is 3.15. The fourth-order valence-corrected chi connectivity index (χ4v) is 3.37. The van der Waals surface area contributed by atoms with E-state index in [1.54, 1.807) is 12.1 Å². The molecule has 0 bridgehead atoms. The summed E-state index contributed by atoms with van der Waals surface area (Å²) in [6, 6.07) is 12.3. The Morgan fingerprint density at radius 3 is 2.46 bits per heavy atom. The Kier molecular flexibility index (Phi) is 4.65. The highest BCUT2D eigenvalue weighted by Gasteiger charge is 2.21. The molecule has 0 saturated carbocycles. The van der Waals surface area contributed by atoms with Crippen LogP contribution >= 0.6 is 0 Å². The van der Waals surface area contributed by atoms with Crippen molar-refractivity contribution in [1.29, 1.82) is 0 Å². The van der Waals surface area contributed by atoms with Gasteiger partial charge >= 0.3 is 0 Å². The first-order chi connectivity index (χ1) is 12.7. The molecule has 1 saturated heterocycles. The molecule has 0 spiro atoms. The maximum absolute atomic E-state index is 13.0. The van der Waals surface area contributed by atoms with Crippen LogP contribution < -0.4 is 14.4 Å². The van der Waals surface area contributed by atoms with Crippen molar-refractivity contribution in [3.63, 3.8) is 0 Å². The number of ether oxygens (including phenoxy) is 2. The summed E-state index contributed by atoms with van der Waals surface area (Å²) in [5, 5.41) is 0. The van der Waals surface area contributed by atoms with E-state index in [9.17, 15) is 9.18 Å². The highest BCUT2D eigenvalue weighted by atomic mass is 19.1. The van der Waals surface area contributed by atoms with Crippen LogP contribution in [0, 0.1) is 5.82 Å². The summed E-state index contributed by atoms with van der Waals surface area (Å²) < 4.78 is 23.7. The van der Waals surface area contributed by atoms with E-state index in [-0.39, 0.29) is 18.5 Å². The van der Waals surface area contributed by atoms with Crippen molar-refractivity contribution in [3.05, 3.63) is 53.8 Å². The molecule has 1 amide bonds. The Bertz CT molecular complexity index is 786. The molecule has 1 fully saturated rings. The molecule has 6 heteroatoms. The quantitative estimate of drug-likeness (QED) is 0.845. The number of halogens is 1. The van der Waals surface area contributed by atoms with Gasteiger partial charge in [-0.05, 0) is 48.4 Å². The normalized spacial score (nSPS) is 16.0. The molecule has 0 N–H and O–H groups in total. The number of benzene rings is 2. The first kappa shape index (κ1) is 16.7. The van der Waals surface area contributed by atoms with Crippen LogP contribution in [0.25, 0.3) is 0 Å². The van der Waals surface area contributed by atoms with Gasteiger partial charge in [-0.2, -0.15) is 0 Å². The van der Waals surface area contributed by atoms with E-state index in [4.69, 9.17) is 9.47 Å². The standard InChI is InChI=1S/C20H21FN2O3/c21-16-3-5-17(6-4-16)22-9-11-23(12-10-22)20(24)8-2-15-1-7-18-19(13-15)26-14-25-18/h1,3-7,13H,2,8-12,14H2. The summed E-state index contributed by atoms with van der Waals surface area (Å²) >= 11 is 0. The number of piperazine rings is 1. The van der Waals surface area contributed by atoms with E-state index in [0.717, 1.165) is 35.8 Å². The lowest BCUT2D eigenvalue weighted by molar-refractivity contribution is -0.131. The molecule has 26 heavy (non-hydrogen) atoms. The third-order valence-electron chi connectivity index (χ3n) is 4.89. The molecular formula is C20H21FN2O3. The number of carbonyl (C=O) groups excluding carboxylic acids is 1. The van der Waals surface area contributed by atoms with Crippen LogP contribution in [0.2, 0.25) is 0 Å². The first-order valence-corrected chi connectivity index (χ1v) is 8.86. The van der Waals surface area contributed by atoms with Gasteiger partial charge in [-0.1, -0.05) is 6.07 Å². The fourth-order valence-electron chi connectivity index (χ4n) is 3.37. The van der Waals surface area contributed by atoms with Crippen molar-refractivity contribution in [2.75, 3.05) is 37.9 Å². The molecule has 2 aromatic rings.